The highest BCUT2D eigenvalue weighted by molar-refractivity contribution is 4.93. The number of imidazole rings is 1. The molecule has 0 saturated heterocycles. The Morgan fingerprint density at radius 2 is 2.56 bits per heavy atom. The molecule has 0 bridgehead atoms. The SMILES string of the molecule is [c]1cn2c(n1)CCCC2. The Morgan fingerprint density at radius 1 is 1.56 bits per heavy atom. The van der Waals surface area contributed by atoms with Crippen molar-refractivity contribution in [3.63, 3.8) is 0 Å². The minimum absolute atomic E-state index is 1.14. The monoisotopic (exact) mass is 121 g/mol. The second-order valence-electron chi connectivity index (χ2n) is 2.44. The third kappa shape index (κ3) is 0.745. The standard InChI is InChI=1S/C7H9N2/c1-2-5-9-6-4-8-7(9)3-1/h6H,1-3,5H2. The molecule has 0 unspecified atom stereocenters. The lowest BCUT2D eigenvalue weighted by molar-refractivity contribution is 0.522. The van der Waals surface area contributed by atoms with Crippen LogP contribution in [-0.2, 0) is 13.0 Å². The van der Waals surface area contributed by atoms with Crippen molar-refractivity contribution in [3.8, 4) is 0 Å². The molecule has 0 aromatic carbocycles. The molecule has 0 aliphatic carbocycles. The molecule has 0 spiro atoms. The van der Waals surface area contributed by atoms with Gasteiger partial charge in [-0.05, 0) is 12.8 Å². The Labute approximate surface area is 54.5 Å². The van der Waals surface area contributed by atoms with Gasteiger partial charge in [-0.2, -0.15) is 0 Å². The van der Waals surface area contributed by atoms with E-state index >= 15 is 0 Å². The van der Waals surface area contributed by atoms with Crippen LogP contribution in [0.15, 0.2) is 6.20 Å². The van der Waals surface area contributed by atoms with Crippen LogP contribution in [0.3, 0.4) is 0 Å². The second-order valence-corrected chi connectivity index (χ2v) is 2.44. The number of aromatic nitrogens is 2. The first-order chi connectivity index (χ1) is 4.47. The van der Waals surface area contributed by atoms with Gasteiger partial charge >= 0.3 is 0 Å². The van der Waals surface area contributed by atoms with Crippen LogP contribution in [0.25, 0.3) is 0 Å². The molecule has 1 radical (unpaired) electrons. The molecular formula is C7H9N2. The topological polar surface area (TPSA) is 17.8 Å². The zero-order valence-electron chi connectivity index (χ0n) is 5.30. The van der Waals surface area contributed by atoms with Crippen molar-refractivity contribution >= 4 is 0 Å². The van der Waals surface area contributed by atoms with Crippen LogP contribution in [0.5, 0.6) is 0 Å². The van der Waals surface area contributed by atoms with Gasteiger partial charge in [0.15, 0.2) is 0 Å². The lowest BCUT2D eigenvalue weighted by atomic mass is 10.2. The fourth-order valence-corrected chi connectivity index (χ4v) is 1.27. The van der Waals surface area contributed by atoms with Gasteiger partial charge in [-0.25, -0.2) is 4.98 Å². The van der Waals surface area contributed by atoms with Crippen LogP contribution < -0.4 is 0 Å². The van der Waals surface area contributed by atoms with Gasteiger partial charge in [-0.1, -0.05) is 0 Å². The number of rotatable bonds is 0. The summed E-state index contributed by atoms with van der Waals surface area (Å²) >= 11 is 0. The van der Waals surface area contributed by atoms with E-state index in [1.807, 2.05) is 6.20 Å². The molecule has 0 N–H and O–H groups in total. The first-order valence-corrected chi connectivity index (χ1v) is 3.39. The zero-order chi connectivity index (χ0) is 6.10. The number of hydrogen-bond donors (Lipinski definition) is 0. The maximum atomic E-state index is 4.09. The van der Waals surface area contributed by atoms with Crippen molar-refractivity contribution in [1.29, 1.82) is 0 Å². The van der Waals surface area contributed by atoms with Crippen molar-refractivity contribution in [3.05, 3.63) is 18.2 Å². The van der Waals surface area contributed by atoms with E-state index in [2.05, 4.69) is 15.7 Å². The lowest BCUT2D eigenvalue weighted by Crippen LogP contribution is -2.08. The molecule has 0 saturated carbocycles. The molecule has 9 heavy (non-hydrogen) atoms. The van der Waals surface area contributed by atoms with Crippen LogP contribution in [0.1, 0.15) is 18.7 Å². The maximum Gasteiger partial charge on any atom is 0.109 e. The summed E-state index contributed by atoms with van der Waals surface area (Å²) in [5, 5.41) is 0. The number of nitrogens with zero attached hydrogens (tertiary/aromatic N) is 2. The van der Waals surface area contributed by atoms with Crippen LogP contribution in [0, 0.1) is 6.20 Å². The van der Waals surface area contributed by atoms with Gasteiger partial charge in [0.1, 0.15) is 12.0 Å². The largest absolute Gasteiger partial charge is 0.334 e. The predicted molar refractivity (Wildman–Crippen MR) is 34.0 cm³/mol. The molecule has 0 fully saturated rings. The third-order valence-corrected chi connectivity index (χ3v) is 1.79. The van der Waals surface area contributed by atoms with Crippen molar-refractivity contribution in [1.82, 2.24) is 9.55 Å². The quantitative estimate of drug-likeness (QED) is 0.501. The summed E-state index contributed by atoms with van der Waals surface area (Å²) in [6, 6.07) is 0. The normalized spacial score (nSPS) is 17.3. The molecule has 0 amide bonds. The van der Waals surface area contributed by atoms with Gasteiger partial charge in [0.05, 0.1) is 0 Å². The van der Waals surface area contributed by atoms with E-state index in [4.69, 9.17) is 0 Å². The average molecular weight is 121 g/mol. The van der Waals surface area contributed by atoms with Crippen LogP contribution in [0.4, 0.5) is 0 Å². The summed E-state index contributed by atoms with van der Waals surface area (Å²) in [7, 11) is 0. The fraction of sp³-hybridized carbons (Fsp3) is 0.571. The van der Waals surface area contributed by atoms with Crippen molar-refractivity contribution in [2.24, 2.45) is 0 Å². The van der Waals surface area contributed by atoms with Crippen LogP contribution in [0.2, 0.25) is 0 Å². The Balaban J connectivity index is 2.39. The van der Waals surface area contributed by atoms with E-state index < -0.39 is 0 Å². The molecular weight excluding hydrogens is 112 g/mol. The molecule has 1 aromatic rings. The molecule has 1 aliphatic rings. The summed E-state index contributed by atoms with van der Waals surface area (Å²) in [6.07, 6.45) is 8.53. The second kappa shape index (κ2) is 1.87. The molecule has 2 heterocycles. The summed E-state index contributed by atoms with van der Waals surface area (Å²) in [5.41, 5.74) is 0. The van der Waals surface area contributed by atoms with E-state index in [-0.39, 0.29) is 0 Å². The van der Waals surface area contributed by atoms with E-state index in [1.54, 1.807) is 0 Å². The highest BCUT2D eigenvalue weighted by Crippen LogP contribution is 2.10. The van der Waals surface area contributed by atoms with Gasteiger partial charge in [0, 0.05) is 19.2 Å². The van der Waals surface area contributed by atoms with Gasteiger partial charge in [-0.15, -0.1) is 0 Å². The number of hydrogen-bond acceptors (Lipinski definition) is 1. The molecule has 0 atom stereocenters. The van der Waals surface area contributed by atoms with Gasteiger partial charge < -0.3 is 4.57 Å². The molecule has 1 aliphatic heterocycles. The lowest BCUT2D eigenvalue weighted by Gasteiger charge is -2.11. The highest BCUT2D eigenvalue weighted by atomic mass is 15.1. The number of aryl methyl sites for hydroxylation is 2. The summed E-state index contributed by atoms with van der Waals surface area (Å²) < 4.78 is 2.18. The predicted octanol–water partition coefficient (Wildman–Crippen LogP) is 1.02. The summed E-state index contributed by atoms with van der Waals surface area (Å²) in [4.78, 5) is 4.09. The molecule has 1 aromatic heterocycles. The smallest absolute Gasteiger partial charge is 0.109 e. The Bertz CT molecular complexity index is 182. The van der Waals surface area contributed by atoms with Gasteiger partial charge in [0.25, 0.3) is 0 Å². The molecule has 2 nitrogen and oxygen atoms in total. The Morgan fingerprint density at radius 3 is 3.44 bits per heavy atom. The van der Waals surface area contributed by atoms with Gasteiger partial charge in [0.2, 0.25) is 0 Å². The highest BCUT2D eigenvalue weighted by Gasteiger charge is 2.06. The first-order valence-electron chi connectivity index (χ1n) is 3.39. The van der Waals surface area contributed by atoms with Crippen molar-refractivity contribution < 1.29 is 0 Å². The Hall–Kier alpha value is -0.790. The average Bonchev–Trinajstić information content (AvgIpc) is 2.33. The number of fused-ring (bicyclic) bond motifs is 1. The first kappa shape index (κ1) is 5.03. The van der Waals surface area contributed by atoms with E-state index in [1.165, 1.54) is 18.7 Å². The fourth-order valence-electron chi connectivity index (χ4n) is 1.27. The van der Waals surface area contributed by atoms with Gasteiger partial charge in [-0.3, -0.25) is 0 Å². The summed E-state index contributed by atoms with van der Waals surface area (Å²) in [6.45, 7) is 1.14. The third-order valence-electron chi connectivity index (χ3n) is 1.79. The van der Waals surface area contributed by atoms with Crippen molar-refractivity contribution in [2.45, 2.75) is 25.8 Å². The zero-order valence-corrected chi connectivity index (χ0v) is 5.30. The van der Waals surface area contributed by atoms with E-state index in [9.17, 15) is 0 Å². The molecule has 2 heteroatoms. The van der Waals surface area contributed by atoms with E-state index in [0.717, 1.165) is 13.0 Å². The van der Waals surface area contributed by atoms with Crippen molar-refractivity contribution in [2.75, 3.05) is 0 Å². The summed E-state index contributed by atoms with van der Waals surface area (Å²) in [5.74, 6) is 1.21. The Kier molecular flexibility index (Phi) is 1.04. The van der Waals surface area contributed by atoms with E-state index in [0.29, 0.717) is 0 Å². The van der Waals surface area contributed by atoms with Crippen LogP contribution in [-0.4, -0.2) is 9.55 Å². The van der Waals surface area contributed by atoms with Crippen LogP contribution >= 0.6 is 0 Å². The molecule has 47 valence electrons. The maximum absolute atomic E-state index is 4.09. The minimum Gasteiger partial charge on any atom is -0.334 e. The molecule has 2 rings (SSSR count). The minimum atomic E-state index is 1.14.